The smallest absolute Gasteiger partial charge is 0.242 e. The molecule has 0 aromatic heterocycles. The number of hydrogen-bond donors (Lipinski definition) is 1. The first-order chi connectivity index (χ1) is 13.1. The van der Waals surface area contributed by atoms with Crippen LogP contribution in [0.25, 0.3) is 0 Å². The van der Waals surface area contributed by atoms with Crippen molar-refractivity contribution in [3.8, 4) is 0 Å². The van der Waals surface area contributed by atoms with E-state index in [1.165, 1.54) is 12.1 Å². The monoisotopic (exact) mass is 368 g/mol. The number of aryl methyl sites for hydroxylation is 2. The molecule has 0 saturated carbocycles. The van der Waals surface area contributed by atoms with Crippen LogP contribution >= 0.6 is 0 Å². The lowest BCUT2D eigenvalue weighted by atomic mass is 10.1. The van der Waals surface area contributed by atoms with E-state index in [-0.39, 0.29) is 17.6 Å². The molecule has 0 saturated heterocycles. The molecule has 1 aliphatic rings. The summed E-state index contributed by atoms with van der Waals surface area (Å²) in [5.74, 6) is -0.426. The minimum absolute atomic E-state index is 0.0117. The van der Waals surface area contributed by atoms with Gasteiger partial charge in [0.25, 0.3) is 0 Å². The lowest BCUT2D eigenvalue weighted by Gasteiger charge is -2.28. The predicted octanol–water partition coefficient (Wildman–Crippen LogP) is 3.63. The van der Waals surface area contributed by atoms with Crippen molar-refractivity contribution in [3.05, 3.63) is 65.5 Å². The Morgan fingerprint density at radius 3 is 2.81 bits per heavy atom. The maximum absolute atomic E-state index is 13.2. The van der Waals surface area contributed by atoms with Gasteiger partial charge >= 0.3 is 0 Å². The average Bonchev–Trinajstić information content (AvgIpc) is 2.82. The fraction of sp³-hybridized carbons (Fsp3) is 0.364. The second-order valence-corrected chi connectivity index (χ2v) is 6.95. The summed E-state index contributed by atoms with van der Waals surface area (Å²) >= 11 is 0. The van der Waals surface area contributed by atoms with Crippen molar-refractivity contribution in [3.63, 3.8) is 0 Å². The minimum atomic E-state index is -0.564. The van der Waals surface area contributed by atoms with Crippen LogP contribution in [-0.4, -0.2) is 24.4 Å². The summed E-state index contributed by atoms with van der Waals surface area (Å²) in [6, 6.07) is 13.7. The fourth-order valence-electron chi connectivity index (χ4n) is 3.53. The maximum atomic E-state index is 13.2. The van der Waals surface area contributed by atoms with Crippen LogP contribution in [0.1, 0.15) is 37.3 Å². The molecule has 0 radical (unpaired) electrons. The Morgan fingerprint density at radius 2 is 2.00 bits per heavy atom. The van der Waals surface area contributed by atoms with Gasteiger partial charge in [-0.2, -0.15) is 0 Å². The first-order valence-electron chi connectivity index (χ1n) is 9.48. The van der Waals surface area contributed by atoms with Gasteiger partial charge in [0.1, 0.15) is 11.9 Å². The number of rotatable bonds is 6. The lowest BCUT2D eigenvalue weighted by Crippen LogP contribution is -2.48. The van der Waals surface area contributed by atoms with Crippen molar-refractivity contribution >= 4 is 17.5 Å². The number of para-hydroxylation sites is 1. The van der Waals surface area contributed by atoms with Gasteiger partial charge in [-0.1, -0.05) is 30.3 Å². The molecular formula is C22H25FN2O2. The summed E-state index contributed by atoms with van der Waals surface area (Å²) in [6.45, 7) is 2.26. The van der Waals surface area contributed by atoms with Crippen LogP contribution in [0.4, 0.5) is 10.1 Å². The Kier molecular flexibility index (Phi) is 6.22. The third kappa shape index (κ3) is 4.73. The highest BCUT2D eigenvalue weighted by Crippen LogP contribution is 2.28. The van der Waals surface area contributed by atoms with Crippen LogP contribution in [0, 0.1) is 5.82 Å². The highest BCUT2D eigenvalue weighted by Gasteiger charge is 2.30. The van der Waals surface area contributed by atoms with E-state index in [2.05, 4.69) is 5.32 Å². The van der Waals surface area contributed by atoms with Crippen molar-refractivity contribution < 1.29 is 14.0 Å². The van der Waals surface area contributed by atoms with Crippen LogP contribution in [-0.2, 0) is 22.4 Å². The third-order valence-corrected chi connectivity index (χ3v) is 4.95. The van der Waals surface area contributed by atoms with E-state index >= 15 is 0 Å². The van der Waals surface area contributed by atoms with Gasteiger partial charge < -0.3 is 5.32 Å². The van der Waals surface area contributed by atoms with E-state index in [0.717, 1.165) is 29.7 Å². The molecule has 4 nitrogen and oxygen atoms in total. The topological polar surface area (TPSA) is 49.4 Å². The fourth-order valence-corrected chi connectivity index (χ4v) is 3.53. The standard InChI is InChI=1S/C22H25FN2O2/c1-16(22(27)24-14-6-8-17-7-4-11-19(23)15-17)25-20-12-3-2-9-18(20)10-5-13-21(25)26/h2-4,7,9,11-12,15-16H,5-6,8,10,13-14H2,1H3,(H,24,27). The molecule has 1 aliphatic heterocycles. The molecule has 0 bridgehead atoms. The average molecular weight is 368 g/mol. The molecule has 3 rings (SSSR count). The molecule has 1 heterocycles. The van der Waals surface area contributed by atoms with Crippen LogP contribution in [0.15, 0.2) is 48.5 Å². The third-order valence-electron chi connectivity index (χ3n) is 4.95. The molecule has 0 aliphatic carbocycles. The zero-order valence-electron chi connectivity index (χ0n) is 15.6. The summed E-state index contributed by atoms with van der Waals surface area (Å²) in [5, 5.41) is 2.91. The molecule has 1 unspecified atom stereocenters. The number of halogens is 1. The Hall–Kier alpha value is -2.69. The predicted molar refractivity (Wildman–Crippen MR) is 104 cm³/mol. The number of hydrogen-bond acceptors (Lipinski definition) is 2. The van der Waals surface area contributed by atoms with Crippen LogP contribution in [0.3, 0.4) is 0 Å². The van der Waals surface area contributed by atoms with Crippen LogP contribution in [0.2, 0.25) is 0 Å². The molecule has 142 valence electrons. The SMILES string of the molecule is CC(C(=O)NCCCc1cccc(F)c1)N1C(=O)CCCc2ccccc21. The second kappa shape index (κ2) is 8.80. The number of carbonyl (C=O) groups is 2. The molecule has 1 atom stereocenters. The Morgan fingerprint density at radius 1 is 1.19 bits per heavy atom. The summed E-state index contributed by atoms with van der Waals surface area (Å²) in [4.78, 5) is 26.8. The molecule has 5 heteroatoms. The molecule has 0 fully saturated rings. The van der Waals surface area contributed by atoms with Crippen LogP contribution in [0.5, 0.6) is 0 Å². The Balaban J connectivity index is 1.58. The normalized spacial score (nSPS) is 15.0. The highest BCUT2D eigenvalue weighted by molar-refractivity contribution is 6.01. The largest absolute Gasteiger partial charge is 0.354 e. The van der Waals surface area contributed by atoms with E-state index in [1.807, 2.05) is 30.3 Å². The molecule has 1 N–H and O–H groups in total. The molecule has 2 aromatic carbocycles. The first kappa shape index (κ1) is 19.1. The van der Waals surface area contributed by atoms with E-state index in [4.69, 9.17) is 0 Å². The van der Waals surface area contributed by atoms with Crippen molar-refractivity contribution in [1.82, 2.24) is 5.32 Å². The van der Waals surface area contributed by atoms with Gasteiger partial charge in [-0.3, -0.25) is 14.5 Å². The van der Waals surface area contributed by atoms with Gasteiger partial charge in [0.05, 0.1) is 0 Å². The number of fused-ring (bicyclic) bond motifs is 1. The van der Waals surface area contributed by atoms with Crippen molar-refractivity contribution in [2.45, 2.75) is 45.1 Å². The van der Waals surface area contributed by atoms with Gasteiger partial charge in [-0.05, 0) is 61.9 Å². The van der Waals surface area contributed by atoms with E-state index in [0.29, 0.717) is 25.8 Å². The Bertz CT molecular complexity index is 821. The molecule has 2 amide bonds. The highest BCUT2D eigenvalue weighted by atomic mass is 19.1. The summed E-state index contributed by atoms with van der Waals surface area (Å²) in [5.41, 5.74) is 2.85. The number of benzene rings is 2. The molecule has 0 spiro atoms. The summed E-state index contributed by atoms with van der Waals surface area (Å²) in [7, 11) is 0. The van der Waals surface area contributed by atoms with Crippen molar-refractivity contribution in [2.24, 2.45) is 0 Å². The number of anilines is 1. The summed E-state index contributed by atoms with van der Waals surface area (Å²) in [6.07, 6.45) is 3.50. The van der Waals surface area contributed by atoms with Gasteiger partial charge in [-0.15, -0.1) is 0 Å². The number of carbonyl (C=O) groups excluding carboxylic acids is 2. The molecule has 2 aromatic rings. The van der Waals surface area contributed by atoms with E-state index in [9.17, 15) is 14.0 Å². The molecular weight excluding hydrogens is 343 g/mol. The van der Waals surface area contributed by atoms with Gasteiger partial charge in [0.2, 0.25) is 11.8 Å². The number of nitrogens with zero attached hydrogens (tertiary/aromatic N) is 1. The van der Waals surface area contributed by atoms with E-state index in [1.54, 1.807) is 17.9 Å². The summed E-state index contributed by atoms with van der Waals surface area (Å²) < 4.78 is 13.2. The zero-order chi connectivity index (χ0) is 19.2. The van der Waals surface area contributed by atoms with Crippen LogP contribution < -0.4 is 10.2 Å². The number of amides is 2. The molecule has 27 heavy (non-hydrogen) atoms. The number of nitrogens with one attached hydrogen (secondary N) is 1. The Labute approximate surface area is 159 Å². The second-order valence-electron chi connectivity index (χ2n) is 6.95. The lowest BCUT2D eigenvalue weighted by molar-refractivity contribution is -0.126. The van der Waals surface area contributed by atoms with E-state index < -0.39 is 6.04 Å². The first-order valence-corrected chi connectivity index (χ1v) is 9.48. The van der Waals surface area contributed by atoms with Gasteiger partial charge in [0.15, 0.2) is 0 Å². The van der Waals surface area contributed by atoms with Gasteiger partial charge in [-0.25, -0.2) is 4.39 Å². The zero-order valence-corrected chi connectivity index (χ0v) is 15.6. The van der Waals surface area contributed by atoms with Crippen molar-refractivity contribution in [2.75, 3.05) is 11.4 Å². The van der Waals surface area contributed by atoms with Crippen molar-refractivity contribution in [1.29, 1.82) is 0 Å². The minimum Gasteiger partial charge on any atom is -0.354 e. The maximum Gasteiger partial charge on any atom is 0.242 e. The quantitative estimate of drug-likeness (QED) is 0.792. The van der Waals surface area contributed by atoms with Gasteiger partial charge in [0, 0.05) is 18.7 Å².